The van der Waals surface area contributed by atoms with Crippen molar-refractivity contribution in [3.63, 3.8) is 0 Å². The Morgan fingerprint density at radius 3 is 2.53 bits per heavy atom. The monoisotopic (exact) mass is 273 g/mol. The molecule has 110 valence electrons. The summed E-state index contributed by atoms with van der Waals surface area (Å²) in [7, 11) is 1.34. The molecule has 3 atom stereocenters. The lowest BCUT2D eigenvalue weighted by Gasteiger charge is -2.20. The van der Waals surface area contributed by atoms with Crippen molar-refractivity contribution in [2.45, 2.75) is 51.9 Å². The van der Waals surface area contributed by atoms with E-state index in [0.717, 1.165) is 0 Å². The van der Waals surface area contributed by atoms with Crippen LogP contribution in [-0.4, -0.2) is 43.5 Å². The number of nitrogens with one attached hydrogen (secondary N) is 1. The number of rotatable bonds is 3. The molecule has 0 aromatic heterocycles. The maximum Gasteiger partial charge on any atom is 0.407 e. The molecule has 0 aromatic rings. The largest absolute Gasteiger partial charge is 0.467 e. The van der Waals surface area contributed by atoms with Crippen LogP contribution in [0.4, 0.5) is 4.79 Å². The molecule has 1 amide bonds. The number of amides is 1. The first-order chi connectivity index (χ1) is 8.73. The summed E-state index contributed by atoms with van der Waals surface area (Å²) in [4.78, 5) is 22.9. The number of alkyl carbamates (subject to hydrolysis) is 1. The summed E-state index contributed by atoms with van der Waals surface area (Å²) in [6.45, 7) is 7.65. The predicted molar refractivity (Wildman–Crippen MR) is 68.7 cm³/mol. The van der Waals surface area contributed by atoms with Gasteiger partial charge in [0.05, 0.1) is 13.2 Å². The van der Waals surface area contributed by atoms with Crippen molar-refractivity contribution in [3.8, 4) is 0 Å². The highest BCUT2D eigenvalue weighted by Crippen LogP contribution is 2.26. The minimum atomic E-state index is -0.546. The molecule has 19 heavy (non-hydrogen) atoms. The van der Waals surface area contributed by atoms with Gasteiger partial charge in [0.2, 0.25) is 0 Å². The summed E-state index contributed by atoms with van der Waals surface area (Å²) in [5.74, 6) is -0.287. The van der Waals surface area contributed by atoms with E-state index in [2.05, 4.69) is 10.1 Å². The van der Waals surface area contributed by atoms with E-state index in [4.69, 9.17) is 9.47 Å². The van der Waals surface area contributed by atoms with E-state index in [1.54, 1.807) is 20.8 Å². The van der Waals surface area contributed by atoms with E-state index in [1.165, 1.54) is 7.11 Å². The maximum absolute atomic E-state index is 11.5. The summed E-state index contributed by atoms with van der Waals surface area (Å²) in [6.07, 6.45) is -0.512. The van der Waals surface area contributed by atoms with Crippen molar-refractivity contribution in [1.29, 1.82) is 0 Å². The molecule has 6 heteroatoms. The Hall–Kier alpha value is -1.30. The van der Waals surface area contributed by atoms with Gasteiger partial charge in [-0.1, -0.05) is 6.92 Å². The number of hydrogen-bond donors (Lipinski definition) is 1. The Kier molecular flexibility index (Phi) is 5.17. The lowest BCUT2D eigenvalue weighted by atomic mass is 10.0. The molecule has 0 unspecified atom stereocenters. The third-order valence-corrected chi connectivity index (χ3v) is 2.80. The second-order valence-electron chi connectivity index (χ2n) is 5.80. The molecule has 0 bridgehead atoms. The van der Waals surface area contributed by atoms with E-state index in [0.29, 0.717) is 13.0 Å². The summed E-state index contributed by atoms with van der Waals surface area (Å²) in [5.41, 5.74) is -0.525. The number of hydrogen-bond acceptors (Lipinski definition) is 5. The summed E-state index contributed by atoms with van der Waals surface area (Å²) < 4.78 is 15.4. The molecule has 1 N–H and O–H groups in total. The minimum absolute atomic E-state index is 0.0814. The molecular weight excluding hydrogens is 250 g/mol. The Balaban J connectivity index is 2.36. The van der Waals surface area contributed by atoms with Gasteiger partial charge in [-0.05, 0) is 33.1 Å². The lowest BCUT2D eigenvalue weighted by Crippen LogP contribution is -2.37. The second kappa shape index (κ2) is 6.23. The molecule has 0 spiro atoms. The van der Waals surface area contributed by atoms with E-state index >= 15 is 0 Å². The molecule has 1 aliphatic heterocycles. The van der Waals surface area contributed by atoms with Gasteiger partial charge >= 0.3 is 12.1 Å². The van der Waals surface area contributed by atoms with Gasteiger partial charge in [-0.25, -0.2) is 9.59 Å². The van der Waals surface area contributed by atoms with Gasteiger partial charge in [0.25, 0.3) is 0 Å². The fraction of sp³-hybridized carbons (Fsp3) is 0.846. The van der Waals surface area contributed by atoms with Crippen LogP contribution >= 0.6 is 0 Å². The first kappa shape index (κ1) is 15.8. The van der Waals surface area contributed by atoms with Crippen molar-refractivity contribution in [2.75, 3.05) is 13.7 Å². The van der Waals surface area contributed by atoms with E-state index in [1.807, 2.05) is 6.92 Å². The van der Waals surface area contributed by atoms with Crippen LogP contribution in [0.1, 0.15) is 34.1 Å². The topological polar surface area (TPSA) is 73.9 Å². The standard InChI is InChI=1S/C13H23NO5/c1-8-6-9(18-10(8)11(15)17-5)7-14-12(16)19-13(2,3)4/h8-10H,6-7H2,1-5H3,(H,14,16)/t8-,9-,10+/m1/s1. The van der Waals surface area contributed by atoms with Crippen LogP contribution in [0.15, 0.2) is 0 Å². The van der Waals surface area contributed by atoms with Crippen LogP contribution < -0.4 is 5.32 Å². The van der Waals surface area contributed by atoms with Gasteiger partial charge in [-0.15, -0.1) is 0 Å². The second-order valence-corrected chi connectivity index (χ2v) is 5.80. The Labute approximate surface area is 113 Å². The Bertz CT molecular complexity index is 336. The Morgan fingerprint density at radius 2 is 2.00 bits per heavy atom. The minimum Gasteiger partial charge on any atom is -0.467 e. The van der Waals surface area contributed by atoms with Gasteiger partial charge in [0.1, 0.15) is 5.60 Å². The van der Waals surface area contributed by atoms with Crippen molar-refractivity contribution in [3.05, 3.63) is 0 Å². The SMILES string of the molecule is COC(=O)[C@H]1O[C@@H](CNC(=O)OC(C)(C)C)C[C@H]1C. The van der Waals surface area contributed by atoms with Gasteiger partial charge < -0.3 is 19.5 Å². The van der Waals surface area contributed by atoms with Crippen LogP contribution in [-0.2, 0) is 19.0 Å². The zero-order valence-electron chi connectivity index (χ0n) is 12.2. The summed E-state index contributed by atoms with van der Waals surface area (Å²) >= 11 is 0. The highest BCUT2D eigenvalue weighted by molar-refractivity contribution is 5.75. The molecule has 1 saturated heterocycles. The van der Waals surface area contributed by atoms with E-state index in [9.17, 15) is 9.59 Å². The van der Waals surface area contributed by atoms with Crippen LogP contribution in [0.3, 0.4) is 0 Å². The summed E-state index contributed by atoms with van der Waals surface area (Å²) in [6, 6.07) is 0. The lowest BCUT2D eigenvalue weighted by molar-refractivity contribution is -0.154. The fourth-order valence-corrected chi connectivity index (χ4v) is 1.98. The normalized spacial score (nSPS) is 26.9. The van der Waals surface area contributed by atoms with Gasteiger partial charge in [0.15, 0.2) is 6.10 Å². The maximum atomic E-state index is 11.5. The molecule has 0 saturated carbocycles. The molecule has 6 nitrogen and oxygen atoms in total. The Morgan fingerprint density at radius 1 is 1.37 bits per heavy atom. The number of carbonyl (C=O) groups excluding carboxylic acids is 2. The molecule has 1 heterocycles. The molecule has 0 aliphatic carbocycles. The molecule has 1 aliphatic rings. The molecule has 1 fully saturated rings. The third-order valence-electron chi connectivity index (χ3n) is 2.80. The average Bonchev–Trinajstić information content (AvgIpc) is 2.65. The van der Waals surface area contributed by atoms with E-state index < -0.39 is 17.8 Å². The van der Waals surface area contributed by atoms with Crippen LogP contribution in [0, 0.1) is 5.92 Å². The van der Waals surface area contributed by atoms with Crippen LogP contribution in [0.5, 0.6) is 0 Å². The van der Waals surface area contributed by atoms with Gasteiger partial charge in [0, 0.05) is 6.54 Å². The zero-order valence-corrected chi connectivity index (χ0v) is 12.2. The van der Waals surface area contributed by atoms with Crippen molar-refractivity contribution in [2.24, 2.45) is 5.92 Å². The van der Waals surface area contributed by atoms with Crippen molar-refractivity contribution >= 4 is 12.1 Å². The third kappa shape index (κ3) is 5.06. The van der Waals surface area contributed by atoms with Gasteiger partial charge in [-0.2, -0.15) is 0 Å². The number of esters is 1. The zero-order chi connectivity index (χ0) is 14.6. The van der Waals surface area contributed by atoms with Crippen molar-refractivity contribution < 1.29 is 23.8 Å². The molecule has 0 aromatic carbocycles. The average molecular weight is 273 g/mol. The number of ether oxygens (including phenoxy) is 3. The van der Waals surface area contributed by atoms with Crippen LogP contribution in [0.2, 0.25) is 0 Å². The fourth-order valence-electron chi connectivity index (χ4n) is 1.98. The first-order valence-corrected chi connectivity index (χ1v) is 6.43. The predicted octanol–water partition coefficient (Wildman–Crippen LogP) is 1.48. The first-order valence-electron chi connectivity index (χ1n) is 6.43. The smallest absolute Gasteiger partial charge is 0.407 e. The highest BCUT2D eigenvalue weighted by Gasteiger charge is 2.37. The molecular formula is C13H23NO5. The molecule has 0 radical (unpaired) electrons. The van der Waals surface area contributed by atoms with E-state index in [-0.39, 0.29) is 18.0 Å². The number of methoxy groups -OCH3 is 1. The van der Waals surface area contributed by atoms with Crippen molar-refractivity contribution in [1.82, 2.24) is 5.32 Å². The van der Waals surface area contributed by atoms with Gasteiger partial charge in [-0.3, -0.25) is 0 Å². The van der Waals surface area contributed by atoms with Crippen LogP contribution in [0.25, 0.3) is 0 Å². The number of carbonyl (C=O) groups is 2. The quantitative estimate of drug-likeness (QED) is 0.788. The highest BCUT2D eigenvalue weighted by atomic mass is 16.6. The summed E-state index contributed by atoms with van der Waals surface area (Å²) in [5, 5.41) is 2.64. The molecule has 1 rings (SSSR count).